The molecule has 0 unspecified atom stereocenters. The average Bonchev–Trinajstić information content (AvgIpc) is 2.38. The Kier molecular flexibility index (Phi) is 2.86. The molecule has 2 rings (SSSR count). The lowest BCUT2D eigenvalue weighted by molar-refractivity contribution is 0.355. The summed E-state index contributed by atoms with van der Waals surface area (Å²) in [6, 6.07) is 3.66. The first kappa shape index (κ1) is 11.3. The highest BCUT2D eigenvalue weighted by Crippen LogP contribution is 2.30. The maximum atomic E-state index is 5.28. The molecule has 0 radical (unpaired) electrons. The molecule has 0 aliphatic heterocycles. The van der Waals surface area contributed by atoms with Gasteiger partial charge in [-0.15, -0.1) is 0 Å². The lowest BCUT2D eigenvalue weighted by atomic mass is 10.2. The van der Waals surface area contributed by atoms with Crippen LogP contribution in [0.5, 0.6) is 11.5 Å². The van der Waals surface area contributed by atoms with Gasteiger partial charge in [-0.3, -0.25) is 4.98 Å². The lowest BCUT2D eigenvalue weighted by Crippen LogP contribution is -2.20. The predicted octanol–water partition coefficient (Wildman–Crippen LogP) is 0.365. The molecule has 1 aromatic carbocycles. The number of rotatable bonds is 2. The van der Waals surface area contributed by atoms with E-state index in [1.54, 1.807) is 20.4 Å². The summed E-state index contributed by atoms with van der Waals surface area (Å²) in [6.45, 7) is 0. The van der Waals surface area contributed by atoms with E-state index in [-0.39, 0.29) is 0 Å². The molecule has 1 aromatic heterocycles. The van der Waals surface area contributed by atoms with E-state index in [1.165, 1.54) is 0 Å². The predicted molar refractivity (Wildman–Crippen MR) is 63.6 cm³/mol. The fraction of sp³-hybridized carbons (Fsp3) is 0.273. The molecule has 0 saturated heterocycles. The summed E-state index contributed by atoms with van der Waals surface area (Å²) in [4.78, 5) is 4.27. The maximum absolute atomic E-state index is 5.28. The molecule has 0 amide bonds. The topological polar surface area (TPSA) is 74.7 Å². The monoisotopic (exact) mass is 234 g/mol. The summed E-state index contributed by atoms with van der Waals surface area (Å²) in [5.74, 6) is 6.56. The second kappa shape index (κ2) is 4.32. The van der Waals surface area contributed by atoms with E-state index in [0.29, 0.717) is 17.0 Å². The quantitative estimate of drug-likeness (QED) is 0.601. The molecule has 2 aromatic rings. The zero-order chi connectivity index (χ0) is 12.4. The van der Waals surface area contributed by atoms with E-state index in [2.05, 4.69) is 10.1 Å². The van der Waals surface area contributed by atoms with Crippen molar-refractivity contribution >= 4 is 11.0 Å². The van der Waals surface area contributed by atoms with Gasteiger partial charge >= 0.3 is 0 Å². The number of methoxy groups -OCH3 is 2. The van der Waals surface area contributed by atoms with Gasteiger partial charge in [0.25, 0.3) is 0 Å². The second-order valence-corrected chi connectivity index (χ2v) is 3.50. The number of nitrogens with zero attached hydrogens (tertiary/aromatic N) is 3. The van der Waals surface area contributed by atoms with Gasteiger partial charge in [-0.2, -0.15) is 5.10 Å². The van der Waals surface area contributed by atoms with Crippen LogP contribution in [0.4, 0.5) is 0 Å². The van der Waals surface area contributed by atoms with Crippen molar-refractivity contribution in [1.82, 2.24) is 9.55 Å². The fourth-order valence-corrected chi connectivity index (χ4v) is 1.69. The van der Waals surface area contributed by atoms with Crippen molar-refractivity contribution in [3.63, 3.8) is 0 Å². The molecule has 0 atom stereocenters. The zero-order valence-electron chi connectivity index (χ0n) is 9.97. The zero-order valence-corrected chi connectivity index (χ0v) is 9.97. The first-order chi connectivity index (χ1) is 8.21. The Morgan fingerprint density at radius 1 is 1.24 bits per heavy atom. The Balaban J connectivity index is 2.84. The molecule has 0 spiro atoms. The van der Waals surface area contributed by atoms with Crippen LogP contribution in [0.1, 0.15) is 0 Å². The maximum Gasteiger partial charge on any atom is 0.170 e. The van der Waals surface area contributed by atoms with Crippen LogP contribution in [0.3, 0.4) is 0 Å². The Hall–Kier alpha value is -2.24. The second-order valence-electron chi connectivity index (χ2n) is 3.50. The summed E-state index contributed by atoms with van der Waals surface area (Å²) < 4.78 is 12.3. The Bertz CT molecular complexity index is 619. The number of nitrogens with two attached hydrogens (primary N) is 1. The summed E-state index contributed by atoms with van der Waals surface area (Å²) in [7, 11) is 5.04. The first-order valence-electron chi connectivity index (χ1n) is 5.03. The van der Waals surface area contributed by atoms with Crippen molar-refractivity contribution in [3.8, 4) is 11.5 Å². The van der Waals surface area contributed by atoms with E-state index < -0.39 is 0 Å². The highest BCUT2D eigenvalue weighted by molar-refractivity contribution is 5.79. The fourth-order valence-electron chi connectivity index (χ4n) is 1.69. The smallest absolute Gasteiger partial charge is 0.170 e. The number of hydrogen-bond acceptors (Lipinski definition) is 5. The molecular formula is C11H14N4O2. The van der Waals surface area contributed by atoms with Crippen LogP contribution in [-0.4, -0.2) is 23.8 Å². The minimum atomic E-state index is 0.588. The van der Waals surface area contributed by atoms with E-state index in [0.717, 1.165) is 11.0 Å². The van der Waals surface area contributed by atoms with Crippen LogP contribution in [-0.2, 0) is 7.05 Å². The number of aryl methyl sites for hydroxylation is 1. The van der Waals surface area contributed by atoms with Crippen LogP contribution in [0, 0.1) is 0 Å². The molecule has 2 N–H and O–H groups in total. The summed E-state index contributed by atoms with van der Waals surface area (Å²) >= 11 is 0. The summed E-state index contributed by atoms with van der Waals surface area (Å²) in [5.41, 5.74) is 2.25. The molecule has 90 valence electrons. The molecule has 17 heavy (non-hydrogen) atoms. The van der Waals surface area contributed by atoms with Gasteiger partial charge < -0.3 is 19.9 Å². The third kappa shape index (κ3) is 1.77. The van der Waals surface area contributed by atoms with E-state index >= 15 is 0 Å². The van der Waals surface area contributed by atoms with Gasteiger partial charge in [0.05, 0.1) is 31.4 Å². The van der Waals surface area contributed by atoms with E-state index in [1.807, 2.05) is 23.7 Å². The minimum Gasteiger partial charge on any atom is -0.493 e. The SMILES string of the molecule is COc1cc2nc/c(=N/N)n(C)c2cc1OC. The highest BCUT2D eigenvalue weighted by Gasteiger charge is 2.08. The third-order valence-corrected chi connectivity index (χ3v) is 2.64. The Morgan fingerprint density at radius 2 is 1.88 bits per heavy atom. The van der Waals surface area contributed by atoms with Crippen molar-refractivity contribution in [2.24, 2.45) is 18.0 Å². The Labute approximate surface area is 98.3 Å². The van der Waals surface area contributed by atoms with Gasteiger partial charge in [0, 0.05) is 19.2 Å². The standard InChI is InChI=1S/C11H14N4O2/c1-15-8-5-10(17-3)9(16-2)4-7(8)13-6-11(15)14-12/h4-6H,12H2,1-3H3/b14-11-. The molecule has 0 saturated carbocycles. The van der Waals surface area contributed by atoms with Crippen LogP contribution < -0.4 is 20.8 Å². The van der Waals surface area contributed by atoms with Gasteiger partial charge in [-0.25, -0.2) is 0 Å². The largest absolute Gasteiger partial charge is 0.493 e. The first-order valence-corrected chi connectivity index (χ1v) is 5.03. The molecule has 6 nitrogen and oxygen atoms in total. The highest BCUT2D eigenvalue weighted by atomic mass is 16.5. The van der Waals surface area contributed by atoms with Crippen LogP contribution in [0.25, 0.3) is 11.0 Å². The molecule has 6 heteroatoms. The minimum absolute atomic E-state index is 0.588. The number of aromatic nitrogens is 2. The molecule has 0 fully saturated rings. The molecule has 0 aliphatic rings. The molecule has 0 bridgehead atoms. The van der Waals surface area contributed by atoms with Gasteiger partial charge in [-0.1, -0.05) is 0 Å². The van der Waals surface area contributed by atoms with Crippen LogP contribution in [0.15, 0.2) is 23.4 Å². The number of hydrogen-bond donors (Lipinski definition) is 1. The molecule has 1 heterocycles. The average molecular weight is 234 g/mol. The number of ether oxygens (including phenoxy) is 2. The van der Waals surface area contributed by atoms with E-state index in [4.69, 9.17) is 15.3 Å². The normalized spacial score (nSPS) is 11.8. The van der Waals surface area contributed by atoms with Crippen molar-refractivity contribution in [2.45, 2.75) is 0 Å². The summed E-state index contributed by atoms with van der Waals surface area (Å²) in [5, 5.41) is 3.65. The number of fused-ring (bicyclic) bond motifs is 1. The van der Waals surface area contributed by atoms with Crippen molar-refractivity contribution < 1.29 is 9.47 Å². The third-order valence-electron chi connectivity index (χ3n) is 2.64. The number of benzene rings is 1. The summed E-state index contributed by atoms with van der Waals surface area (Å²) in [6.07, 6.45) is 1.61. The van der Waals surface area contributed by atoms with Crippen LogP contribution in [0.2, 0.25) is 0 Å². The van der Waals surface area contributed by atoms with Gasteiger partial charge in [0.15, 0.2) is 17.0 Å². The van der Waals surface area contributed by atoms with Crippen LogP contribution >= 0.6 is 0 Å². The van der Waals surface area contributed by atoms with Crippen molar-refractivity contribution in [2.75, 3.05) is 14.2 Å². The van der Waals surface area contributed by atoms with Gasteiger partial charge in [0.2, 0.25) is 0 Å². The van der Waals surface area contributed by atoms with Gasteiger partial charge in [0.1, 0.15) is 0 Å². The molecular weight excluding hydrogens is 220 g/mol. The van der Waals surface area contributed by atoms with Gasteiger partial charge in [-0.05, 0) is 0 Å². The molecule has 0 aliphatic carbocycles. The van der Waals surface area contributed by atoms with Crippen molar-refractivity contribution in [1.29, 1.82) is 0 Å². The lowest BCUT2D eigenvalue weighted by Gasteiger charge is -2.11. The Morgan fingerprint density at radius 3 is 2.47 bits per heavy atom. The van der Waals surface area contributed by atoms with Crippen molar-refractivity contribution in [3.05, 3.63) is 23.8 Å². The van der Waals surface area contributed by atoms with E-state index in [9.17, 15) is 0 Å².